The Balaban J connectivity index is -0.000000138. The molecule has 0 N–H and O–H groups in total. The third-order valence-electron chi connectivity index (χ3n) is 0.516. The maximum Gasteiger partial charge on any atom is 0.0442 e. The summed E-state index contributed by atoms with van der Waals surface area (Å²) in [6.45, 7) is 16.2. The van der Waals surface area contributed by atoms with Gasteiger partial charge in [0.05, 0.1) is 0 Å². The van der Waals surface area contributed by atoms with Gasteiger partial charge in [-0.15, -0.1) is 0 Å². The fourth-order valence-corrected chi connectivity index (χ4v) is 0.516. The van der Waals surface area contributed by atoms with E-state index >= 15 is 0 Å². The molecule has 0 saturated heterocycles. The van der Waals surface area contributed by atoms with Crippen molar-refractivity contribution in [1.82, 2.24) is 0 Å². The Kier molecular flexibility index (Phi) is 25.2. The Bertz CT molecular complexity index is 68.9. The summed E-state index contributed by atoms with van der Waals surface area (Å²) in [6.07, 6.45) is 0. The van der Waals surface area contributed by atoms with Gasteiger partial charge in [0.15, 0.2) is 0 Å². The van der Waals surface area contributed by atoms with Gasteiger partial charge >= 0.3 is 0 Å². The minimum absolute atomic E-state index is 0.463. The van der Waals surface area contributed by atoms with Gasteiger partial charge in [0, 0.05) is 11.8 Å². The van der Waals surface area contributed by atoms with Crippen molar-refractivity contribution >= 4 is 5.71 Å². The van der Waals surface area contributed by atoms with Crippen LogP contribution in [0.2, 0.25) is 0 Å². The predicted molar refractivity (Wildman–Crippen MR) is 56.6 cm³/mol. The smallest absolute Gasteiger partial charge is 0.0442 e. The minimum atomic E-state index is 0.463. The van der Waals surface area contributed by atoms with Crippen molar-refractivity contribution in [1.29, 1.82) is 0 Å². The van der Waals surface area contributed by atoms with Crippen LogP contribution in [0.3, 0.4) is 0 Å². The molecule has 0 radical (unpaired) electrons. The summed E-state index contributed by atoms with van der Waals surface area (Å²) >= 11 is 0. The quantitative estimate of drug-likeness (QED) is 0.514. The molecular weight excluding hydrogens is 134 g/mol. The van der Waals surface area contributed by atoms with Crippen LogP contribution in [-0.4, -0.2) is 11.8 Å². The van der Waals surface area contributed by atoms with Gasteiger partial charge in [-0.25, -0.2) is 0 Å². The Morgan fingerprint density at radius 3 is 1.18 bits per heavy atom. The first kappa shape index (κ1) is 17.0. The highest BCUT2D eigenvalue weighted by Gasteiger charge is 1.82. The molecule has 0 heterocycles. The van der Waals surface area contributed by atoms with E-state index in [9.17, 15) is 0 Å². The second-order valence-corrected chi connectivity index (χ2v) is 2.17. The van der Waals surface area contributed by atoms with E-state index in [1.54, 1.807) is 0 Å². The molecule has 70 valence electrons. The van der Waals surface area contributed by atoms with Crippen LogP contribution in [0, 0.1) is 0 Å². The topological polar surface area (TPSA) is 12.4 Å². The lowest BCUT2D eigenvalue weighted by Crippen LogP contribution is -1.92. The molecular formula is C10H25N. The predicted octanol–water partition coefficient (Wildman–Crippen LogP) is 3.93. The molecule has 11 heavy (non-hydrogen) atoms. The molecule has 1 heteroatoms. The molecule has 1 nitrogen and oxygen atoms in total. The summed E-state index contributed by atoms with van der Waals surface area (Å²) in [7, 11) is 0. The fraction of sp³-hybridized carbons (Fsp3) is 0.900. The molecule has 0 aliphatic rings. The average molecular weight is 159 g/mol. The van der Waals surface area contributed by atoms with E-state index in [4.69, 9.17) is 0 Å². The molecule has 0 aromatic carbocycles. The van der Waals surface area contributed by atoms with Crippen molar-refractivity contribution in [2.75, 3.05) is 0 Å². The van der Waals surface area contributed by atoms with E-state index in [1.165, 1.54) is 0 Å². The highest BCUT2D eigenvalue weighted by Crippen LogP contribution is 1.85. The molecule has 0 bridgehead atoms. The van der Waals surface area contributed by atoms with E-state index in [-0.39, 0.29) is 0 Å². The van der Waals surface area contributed by atoms with Crippen molar-refractivity contribution in [2.24, 2.45) is 4.99 Å². The number of hydrogen-bond acceptors (Lipinski definition) is 1. The lowest BCUT2D eigenvalue weighted by atomic mass is 10.4. The van der Waals surface area contributed by atoms with Gasteiger partial charge in [-0.1, -0.05) is 27.7 Å². The first-order chi connectivity index (χ1) is 5.13. The Morgan fingerprint density at radius 1 is 0.909 bits per heavy atom. The highest BCUT2D eigenvalue weighted by atomic mass is 14.8. The molecule has 0 aromatic rings. The van der Waals surface area contributed by atoms with Crippen molar-refractivity contribution < 1.29 is 0 Å². The van der Waals surface area contributed by atoms with Gasteiger partial charge in [0.25, 0.3) is 0 Å². The zero-order valence-corrected chi connectivity index (χ0v) is 9.52. The SMILES string of the molecule is CC.CC.CC(C)=NC(C)C. The molecule has 0 unspecified atom stereocenters. The molecule has 0 aliphatic carbocycles. The summed E-state index contributed by atoms with van der Waals surface area (Å²) < 4.78 is 0. The molecule has 0 spiro atoms. The van der Waals surface area contributed by atoms with E-state index in [2.05, 4.69) is 18.8 Å². The first-order valence-electron chi connectivity index (χ1n) is 4.64. The zero-order valence-electron chi connectivity index (χ0n) is 9.52. The number of rotatable bonds is 1. The first-order valence-corrected chi connectivity index (χ1v) is 4.64. The number of nitrogens with zero attached hydrogens (tertiary/aromatic N) is 1. The monoisotopic (exact) mass is 159 g/mol. The van der Waals surface area contributed by atoms with Crippen molar-refractivity contribution in [3.05, 3.63) is 0 Å². The molecule has 0 atom stereocenters. The largest absolute Gasteiger partial charge is 0.292 e. The lowest BCUT2D eigenvalue weighted by Gasteiger charge is -1.93. The van der Waals surface area contributed by atoms with Crippen LogP contribution in [0.1, 0.15) is 55.4 Å². The summed E-state index contributed by atoms with van der Waals surface area (Å²) in [5.41, 5.74) is 1.16. The van der Waals surface area contributed by atoms with Crippen molar-refractivity contribution in [3.63, 3.8) is 0 Å². The normalized spacial score (nSPS) is 7.00. The van der Waals surface area contributed by atoms with E-state index in [0.717, 1.165) is 5.71 Å². The maximum atomic E-state index is 4.19. The van der Waals surface area contributed by atoms with Crippen molar-refractivity contribution in [3.8, 4) is 0 Å². The van der Waals surface area contributed by atoms with Gasteiger partial charge in [-0.05, 0) is 27.7 Å². The summed E-state index contributed by atoms with van der Waals surface area (Å²) in [5.74, 6) is 0. The van der Waals surface area contributed by atoms with Gasteiger partial charge in [0.1, 0.15) is 0 Å². The third-order valence-corrected chi connectivity index (χ3v) is 0.516. The Labute approximate surface area is 72.9 Å². The van der Waals surface area contributed by atoms with E-state index in [0.29, 0.717) is 6.04 Å². The highest BCUT2D eigenvalue weighted by molar-refractivity contribution is 5.79. The van der Waals surface area contributed by atoms with Crippen molar-refractivity contribution in [2.45, 2.75) is 61.4 Å². The summed E-state index contributed by atoms with van der Waals surface area (Å²) in [6, 6.07) is 0.463. The molecule has 0 aliphatic heterocycles. The third kappa shape index (κ3) is 42.2. The second-order valence-electron chi connectivity index (χ2n) is 2.17. The van der Waals surface area contributed by atoms with Gasteiger partial charge in [-0.2, -0.15) is 0 Å². The van der Waals surface area contributed by atoms with E-state index < -0.39 is 0 Å². The van der Waals surface area contributed by atoms with Crippen LogP contribution in [0.4, 0.5) is 0 Å². The minimum Gasteiger partial charge on any atom is -0.292 e. The van der Waals surface area contributed by atoms with Gasteiger partial charge in [-0.3, -0.25) is 4.99 Å². The van der Waals surface area contributed by atoms with Gasteiger partial charge < -0.3 is 0 Å². The maximum absolute atomic E-state index is 4.19. The van der Waals surface area contributed by atoms with Crippen LogP contribution in [0.25, 0.3) is 0 Å². The van der Waals surface area contributed by atoms with Crippen LogP contribution in [-0.2, 0) is 0 Å². The molecule has 0 aromatic heterocycles. The zero-order chi connectivity index (χ0) is 9.86. The summed E-state index contributed by atoms with van der Waals surface area (Å²) in [5, 5.41) is 0. The molecule has 0 amide bonds. The van der Waals surface area contributed by atoms with Crippen LogP contribution in [0.5, 0.6) is 0 Å². The number of hydrogen-bond donors (Lipinski definition) is 0. The fourth-order valence-electron chi connectivity index (χ4n) is 0.516. The van der Waals surface area contributed by atoms with Crippen LogP contribution >= 0.6 is 0 Å². The lowest BCUT2D eigenvalue weighted by molar-refractivity contribution is 0.834. The average Bonchev–Trinajstić information content (AvgIpc) is 1.93. The summed E-state index contributed by atoms with van der Waals surface area (Å²) in [4.78, 5) is 4.19. The Morgan fingerprint density at radius 2 is 1.18 bits per heavy atom. The molecule has 0 fully saturated rings. The molecule has 0 saturated carbocycles. The second kappa shape index (κ2) is 16.3. The van der Waals surface area contributed by atoms with Gasteiger partial charge in [0.2, 0.25) is 0 Å². The standard InChI is InChI=1S/C6H13N.2C2H6/c1-5(2)7-6(3)4;2*1-2/h5H,1-4H3;2*1-2H3. The molecule has 0 rings (SSSR count). The number of aliphatic imine (C=N–C) groups is 1. The Hall–Kier alpha value is -0.330. The van der Waals surface area contributed by atoms with E-state index in [1.807, 2.05) is 41.5 Å². The van der Waals surface area contributed by atoms with Crippen LogP contribution < -0.4 is 0 Å². The van der Waals surface area contributed by atoms with Crippen LogP contribution in [0.15, 0.2) is 4.99 Å².